The van der Waals surface area contributed by atoms with Gasteiger partial charge in [-0.1, -0.05) is 6.92 Å². The van der Waals surface area contributed by atoms with Gasteiger partial charge in [0.25, 0.3) is 0 Å². The fourth-order valence-corrected chi connectivity index (χ4v) is 4.58. The molecule has 130 valence electrons. The zero-order valence-electron chi connectivity index (χ0n) is 14.4. The number of rotatable bonds is 6. The summed E-state index contributed by atoms with van der Waals surface area (Å²) in [6.45, 7) is 10.1. The summed E-state index contributed by atoms with van der Waals surface area (Å²) in [6, 6.07) is 0. The second-order valence-electron chi connectivity index (χ2n) is 6.11. The van der Waals surface area contributed by atoms with Gasteiger partial charge in [-0.05, 0) is 20.3 Å². The molecule has 1 aliphatic heterocycles. The van der Waals surface area contributed by atoms with E-state index in [1.165, 1.54) is 10.6 Å². The van der Waals surface area contributed by atoms with Gasteiger partial charge in [0.15, 0.2) is 5.96 Å². The molecule has 0 radical (unpaired) electrons. The normalized spacial score (nSPS) is 19.5. The lowest BCUT2D eigenvalue weighted by atomic mass is 10.2. The lowest BCUT2D eigenvalue weighted by Crippen LogP contribution is -2.51. The van der Waals surface area contributed by atoms with E-state index in [2.05, 4.69) is 29.1 Å². The van der Waals surface area contributed by atoms with Crippen LogP contribution in [0.25, 0.3) is 0 Å². The van der Waals surface area contributed by atoms with E-state index in [-0.39, 0.29) is 4.75 Å². The number of guanidine groups is 1. The molecule has 0 atom stereocenters. The number of sulfonamides is 1. The molecule has 0 aromatic carbocycles. The van der Waals surface area contributed by atoms with Crippen molar-refractivity contribution in [3.63, 3.8) is 0 Å². The first-order chi connectivity index (χ1) is 10.2. The first-order valence-electron chi connectivity index (χ1n) is 7.74. The number of aliphatic imine (C=N–C) groups is 1. The summed E-state index contributed by atoms with van der Waals surface area (Å²) >= 11 is 1.99. The van der Waals surface area contributed by atoms with Crippen LogP contribution in [-0.4, -0.2) is 80.1 Å². The Morgan fingerprint density at radius 1 is 1.45 bits per heavy atom. The maximum Gasteiger partial charge on any atom is 0.211 e. The third-order valence-corrected chi connectivity index (χ3v) is 6.30. The van der Waals surface area contributed by atoms with Gasteiger partial charge in [-0.25, -0.2) is 12.7 Å². The molecule has 0 spiro atoms. The molecule has 0 unspecified atom stereocenters. The minimum absolute atomic E-state index is 0.241. The largest absolute Gasteiger partial charge is 0.356 e. The van der Waals surface area contributed by atoms with E-state index in [0.717, 1.165) is 37.8 Å². The molecule has 1 aliphatic rings. The average molecular weight is 351 g/mol. The summed E-state index contributed by atoms with van der Waals surface area (Å²) in [6.07, 6.45) is 2.03. The van der Waals surface area contributed by atoms with Gasteiger partial charge in [0, 0.05) is 50.3 Å². The smallest absolute Gasteiger partial charge is 0.211 e. The molecule has 1 fully saturated rings. The van der Waals surface area contributed by atoms with Gasteiger partial charge in [0.2, 0.25) is 10.0 Å². The topological polar surface area (TPSA) is 65.0 Å². The molecule has 0 aromatic rings. The number of hydrogen-bond acceptors (Lipinski definition) is 4. The van der Waals surface area contributed by atoms with E-state index in [4.69, 9.17) is 0 Å². The molecule has 1 heterocycles. The predicted octanol–water partition coefficient (Wildman–Crippen LogP) is 1.06. The van der Waals surface area contributed by atoms with Crippen LogP contribution in [0.4, 0.5) is 0 Å². The Hall–Kier alpha value is -0.470. The maximum absolute atomic E-state index is 11.5. The monoisotopic (exact) mass is 350 g/mol. The van der Waals surface area contributed by atoms with Crippen molar-refractivity contribution < 1.29 is 8.42 Å². The second-order valence-corrected chi connectivity index (χ2v) is 9.90. The van der Waals surface area contributed by atoms with Crippen molar-refractivity contribution in [1.82, 2.24) is 14.5 Å². The number of nitrogens with zero attached hydrogens (tertiary/aromatic N) is 3. The molecule has 0 amide bonds. The van der Waals surface area contributed by atoms with Crippen molar-refractivity contribution in [2.45, 2.75) is 31.9 Å². The lowest BCUT2D eigenvalue weighted by Gasteiger charge is -2.39. The Balaban J connectivity index is 2.42. The van der Waals surface area contributed by atoms with Gasteiger partial charge in [0.05, 0.1) is 6.26 Å². The van der Waals surface area contributed by atoms with Gasteiger partial charge in [-0.15, -0.1) is 0 Å². The van der Waals surface area contributed by atoms with Crippen molar-refractivity contribution in [3.05, 3.63) is 0 Å². The van der Waals surface area contributed by atoms with Gasteiger partial charge in [-0.3, -0.25) is 4.99 Å². The van der Waals surface area contributed by atoms with Gasteiger partial charge in [-0.2, -0.15) is 11.8 Å². The Labute approximate surface area is 139 Å². The second kappa shape index (κ2) is 8.40. The minimum Gasteiger partial charge on any atom is -0.356 e. The Bertz CT molecular complexity index is 477. The van der Waals surface area contributed by atoms with Crippen molar-refractivity contribution >= 4 is 27.7 Å². The van der Waals surface area contributed by atoms with Gasteiger partial charge < -0.3 is 10.2 Å². The van der Waals surface area contributed by atoms with Crippen molar-refractivity contribution in [2.24, 2.45) is 4.99 Å². The van der Waals surface area contributed by atoms with Crippen LogP contribution in [0.15, 0.2) is 4.99 Å². The molecular weight excluding hydrogens is 320 g/mol. The molecule has 22 heavy (non-hydrogen) atoms. The standard InChI is InChI=1S/C14H30N4O2S2/c1-6-18(22(5,19)20)9-7-8-16-13(15-4)17-10-11-21-14(2,3)12-17/h6-12H2,1-5H3,(H,15,16). The third kappa shape index (κ3) is 6.34. The molecule has 1 saturated heterocycles. The van der Waals surface area contributed by atoms with E-state index in [1.54, 1.807) is 7.05 Å². The Kier molecular flexibility index (Phi) is 7.48. The SMILES string of the molecule is CCN(CCCNC(=NC)N1CCSC(C)(C)C1)S(C)(=O)=O. The van der Waals surface area contributed by atoms with Crippen molar-refractivity contribution in [3.8, 4) is 0 Å². The lowest BCUT2D eigenvalue weighted by molar-refractivity contribution is 0.373. The van der Waals surface area contributed by atoms with E-state index >= 15 is 0 Å². The highest BCUT2D eigenvalue weighted by Gasteiger charge is 2.28. The van der Waals surface area contributed by atoms with Crippen LogP contribution >= 0.6 is 11.8 Å². The minimum atomic E-state index is -3.09. The van der Waals surface area contributed by atoms with Crippen LogP contribution in [0, 0.1) is 0 Å². The van der Waals surface area contributed by atoms with Crippen LogP contribution in [0.3, 0.4) is 0 Å². The first-order valence-corrected chi connectivity index (χ1v) is 10.6. The molecule has 0 saturated carbocycles. The summed E-state index contributed by atoms with van der Waals surface area (Å²) in [5.74, 6) is 2.02. The zero-order chi connectivity index (χ0) is 16.8. The van der Waals surface area contributed by atoms with Crippen LogP contribution in [0.5, 0.6) is 0 Å². The van der Waals surface area contributed by atoms with Crippen LogP contribution < -0.4 is 5.32 Å². The van der Waals surface area contributed by atoms with E-state index in [0.29, 0.717) is 13.1 Å². The molecule has 0 aliphatic carbocycles. The van der Waals surface area contributed by atoms with Crippen LogP contribution in [-0.2, 0) is 10.0 Å². The summed E-state index contributed by atoms with van der Waals surface area (Å²) in [4.78, 5) is 6.64. The number of hydrogen-bond donors (Lipinski definition) is 1. The molecule has 8 heteroatoms. The number of thioether (sulfide) groups is 1. The maximum atomic E-state index is 11.5. The summed E-state index contributed by atoms with van der Waals surface area (Å²) in [7, 11) is -1.30. The quantitative estimate of drug-likeness (QED) is 0.441. The van der Waals surface area contributed by atoms with Gasteiger partial charge in [0.1, 0.15) is 0 Å². The molecule has 1 rings (SSSR count). The summed E-state index contributed by atoms with van der Waals surface area (Å²) in [5.41, 5.74) is 0. The Morgan fingerprint density at radius 3 is 2.64 bits per heavy atom. The highest BCUT2D eigenvalue weighted by molar-refractivity contribution is 8.00. The highest BCUT2D eigenvalue weighted by atomic mass is 32.2. The molecule has 0 bridgehead atoms. The predicted molar refractivity (Wildman–Crippen MR) is 96.2 cm³/mol. The van der Waals surface area contributed by atoms with Gasteiger partial charge >= 0.3 is 0 Å². The van der Waals surface area contributed by atoms with E-state index < -0.39 is 10.0 Å². The van der Waals surface area contributed by atoms with Crippen LogP contribution in [0.2, 0.25) is 0 Å². The zero-order valence-corrected chi connectivity index (χ0v) is 16.1. The van der Waals surface area contributed by atoms with Crippen molar-refractivity contribution in [1.29, 1.82) is 0 Å². The fourth-order valence-electron chi connectivity index (χ4n) is 2.54. The average Bonchev–Trinajstić information content (AvgIpc) is 2.40. The molecule has 1 N–H and O–H groups in total. The summed E-state index contributed by atoms with van der Waals surface area (Å²) in [5, 5.41) is 3.35. The van der Waals surface area contributed by atoms with E-state index in [9.17, 15) is 8.42 Å². The molecular formula is C14H30N4O2S2. The Morgan fingerprint density at radius 2 is 2.14 bits per heavy atom. The van der Waals surface area contributed by atoms with E-state index in [1.807, 2.05) is 18.7 Å². The summed E-state index contributed by atoms with van der Waals surface area (Å²) < 4.78 is 24.8. The molecule has 6 nitrogen and oxygen atoms in total. The first kappa shape index (κ1) is 19.6. The number of nitrogens with one attached hydrogen (secondary N) is 1. The van der Waals surface area contributed by atoms with Crippen LogP contribution in [0.1, 0.15) is 27.2 Å². The van der Waals surface area contributed by atoms with Crippen molar-refractivity contribution in [2.75, 3.05) is 51.8 Å². The fraction of sp³-hybridized carbons (Fsp3) is 0.929. The third-order valence-electron chi connectivity index (χ3n) is 3.63. The molecule has 0 aromatic heterocycles. The highest BCUT2D eigenvalue weighted by Crippen LogP contribution is 2.29.